The number of nitro groups is 1. The van der Waals surface area contributed by atoms with E-state index >= 15 is 0 Å². The van der Waals surface area contributed by atoms with Gasteiger partial charge in [-0.05, 0) is 31.0 Å². The first-order valence-corrected chi connectivity index (χ1v) is 6.34. The largest absolute Gasteiger partial charge is 0.338 e. The Morgan fingerprint density at radius 3 is 2.80 bits per heavy atom. The average Bonchev–Trinajstić information content (AvgIpc) is 2.86. The summed E-state index contributed by atoms with van der Waals surface area (Å²) in [4.78, 5) is 24.3. The van der Waals surface area contributed by atoms with E-state index in [4.69, 9.17) is 17.3 Å². The van der Waals surface area contributed by atoms with Gasteiger partial charge < -0.3 is 10.6 Å². The molecule has 0 spiro atoms. The van der Waals surface area contributed by atoms with Gasteiger partial charge in [0, 0.05) is 24.2 Å². The Morgan fingerprint density at radius 2 is 2.25 bits per heavy atom. The van der Waals surface area contributed by atoms with Crippen molar-refractivity contribution in [2.75, 3.05) is 19.6 Å². The first-order valence-electron chi connectivity index (χ1n) is 5.96. The standard InChI is InChI=1S/C12H14ClN3O3.ClH/c13-9-1-2-10(11(5-9)16(18)19)12(17)15-4-3-8(6-14)7-15;/h1-2,5,8H,3-4,6-7,14H2;1H. The van der Waals surface area contributed by atoms with Gasteiger partial charge in [0.2, 0.25) is 0 Å². The van der Waals surface area contributed by atoms with Crippen LogP contribution in [0.2, 0.25) is 5.02 Å². The molecule has 20 heavy (non-hydrogen) atoms. The minimum atomic E-state index is -0.588. The van der Waals surface area contributed by atoms with Crippen LogP contribution < -0.4 is 5.73 Å². The van der Waals surface area contributed by atoms with Crippen molar-refractivity contribution in [1.29, 1.82) is 0 Å². The zero-order chi connectivity index (χ0) is 14.0. The lowest BCUT2D eigenvalue weighted by molar-refractivity contribution is -0.385. The van der Waals surface area contributed by atoms with Crippen LogP contribution in [-0.2, 0) is 0 Å². The molecule has 1 atom stereocenters. The van der Waals surface area contributed by atoms with Gasteiger partial charge in [0.25, 0.3) is 11.6 Å². The van der Waals surface area contributed by atoms with Gasteiger partial charge in [-0.25, -0.2) is 0 Å². The number of hydrogen-bond donors (Lipinski definition) is 1. The molecular weight excluding hydrogens is 305 g/mol. The van der Waals surface area contributed by atoms with E-state index in [1.807, 2.05) is 0 Å². The van der Waals surface area contributed by atoms with Gasteiger partial charge in [-0.1, -0.05) is 11.6 Å². The van der Waals surface area contributed by atoms with E-state index in [9.17, 15) is 14.9 Å². The van der Waals surface area contributed by atoms with Crippen LogP contribution in [0.5, 0.6) is 0 Å². The maximum atomic E-state index is 12.3. The van der Waals surface area contributed by atoms with E-state index in [0.29, 0.717) is 19.6 Å². The molecule has 1 aliphatic heterocycles. The lowest BCUT2D eigenvalue weighted by atomic mass is 10.1. The molecule has 1 fully saturated rings. The summed E-state index contributed by atoms with van der Waals surface area (Å²) in [5, 5.41) is 11.2. The minimum Gasteiger partial charge on any atom is -0.338 e. The molecule has 110 valence electrons. The number of hydrogen-bond acceptors (Lipinski definition) is 4. The fraction of sp³-hybridized carbons (Fsp3) is 0.417. The normalized spacial score (nSPS) is 17.7. The van der Waals surface area contributed by atoms with Crippen molar-refractivity contribution in [3.63, 3.8) is 0 Å². The molecule has 1 amide bonds. The second kappa shape index (κ2) is 6.88. The van der Waals surface area contributed by atoms with Crippen LogP contribution in [0.15, 0.2) is 18.2 Å². The predicted molar refractivity (Wildman–Crippen MR) is 78.4 cm³/mol. The molecule has 1 heterocycles. The van der Waals surface area contributed by atoms with Gasteiger partial charge in [0.1, 0.15) is 5.56 Å². The quantitative estimate of drug-likeness (QED) is 0.682. The van der Waals surface area contributed by atoms with Crippen LogP contribution in [0.4, 0.5) is 5.69 Å². The summed E-state index contributed by atoms with van der Waals surface area (Å²) in [5.41, 5.74) is 5.39. The monoisotopic (exact) mass is 319 g/mol. The Balaban J connectivity index is 0.00000200. The number of nitrogens with two attached hydrogens (primary N) is 1. The van der Waals surface area contributed by atoms with Crippen LogP contribution in [0.25, 0.3) is 0 Å². The van der Waals surface area contributed by atoms with E-state index in [-0.39, 0.29) is 40.5 Å². The lowest BCUT2D eigenvalue weighted by Gasteiger charge is -2.16. The average molecular weight is 320 g/mol. The topological polar surface area (TPSA) is 89.5 Å². The lowest BCUT2D eigenvalue weighted by Crippen LogP contribution is -2.30. The number of amides is 1. The first-order chi connectivity index (χ1) is 9.02. The number of nitrogens with zero attached hydrogens (tertiary/aromatic N) is 2. The SMILES string of the molecule is Cl.NCC1CCN(C(=O)c2ccc(Cl)cc2[N+](=O)[O-])C1. The van der Waals surface area contributed by atoms with Crippen molar-refractivity contribution in [3.05, 3.63) is 38.9 Å². The number of carbonyl (C=O) groups excluding carboxylic acids is 1. The highest BCUT2D eigenvalue weighted by Gasteiger charge is 2.30. The number of benzene rings is 1. The van der Waals surface area contributed by atoms with E-state index in [0.717, 1.165) is 6.42 Å². The molecule has 1 aromatic carbocycles. The Bertz CT molecular complexity index is 525. The molecule has 0 radical (unpaired) electrons. The maximum absolute atomic E-state index is 12.3. The molecule has 0 aromatic heterocycles. The molecule has 1 aliphatic rings. The molecule has 1 saturated heterocycles. The highest BCUT2D eigenvalue weighted by molar-refractivity contribution is 6.31. The Labute approximate surface area is 127 Å². The molecule has 2 N–H and O–H groups in total. The van der Waals surface area contributed by atoms with Crippen molar-refractivity contribution in [3.8, 4) is 0 Å². The summed E-state index contributed by atoms with van der Waals surface area (Å²) < 4.78 is 0. The number of nitro benzene ring substituents is 1. The molecule has 0 saturated carbocycles. The summed E-state index contributed by atoms with van der Waals surface area (Å²) in [5.74, 6) is -0.0605. The number of carbonyl (C=O) groups is 1. The van der Waals surface area contributed by atoms with Gasteiger partial charge in [0.15, 0.2) is 0 Å². The smallest absolute Gasteiger partial charge is 0.283 e. The summed E-state index contributed by atoms with van der Waals surface area (Å²) in [7, 11) is 0. The van der Waals surface area contributed by atoms with E-state index in [2.05, 4.69) is 0 Å². The molecule has 6 nitrogen and oxygen atoms in total. The molecule has 2 rings (SSSR count). The summed E-state index contributed by atoms with van der Waals surface area (Å²) in [6.07, 6.45) is 0.837. The van der Waals surface area contributed by atoms with Crippen molar-refractivity contribution < 1.29 is 9.72 Å². The number of likely N-dealkylation sites (tertiary alicyclic amines) is 1. The Kier molecular flexibility index (Phi) is 5.74. The molecular formula is C12H15Cl2N3O3. The third-order valence-electron chi connectivity index (χ3n) is 3.29. The summed E-state index contributed by atoms with van der Waals surface area (Å²) in [6.45, 7) is 1.65. The maximum Gasteiger partial charge on any atom is 0.283 e. The third kappa shape index (κ3) is 3.39. The van der Waals surface area contributed by atoms with Gasteiger partial charge in [-0.2, -0.15) is 0 Å². The zero-order valence-corrected chi connectivity index (χ0v) is 12.2. The fourth-order valence-corrected chi connectivity index (χ4v) is 2.38. The van der Waals surface area contributed by atoms with Crippen LogP contribution in [0.1, 0.15) is 16.8 Å². The summed E-state index contributed by atoms with van der Waals surface area (Å²) in [6, 6.07) is 4.09. The molecule has 8 heteroatoms. The predicted octanol–water partition coefficient (Wildman–Crippen LogP) is 2.09. The summed E-state index contributed by atoms with van der Waals surface area (Å²) >= 11 is 5.72. The second-order valence-corrected chi connectivity index (χ2v) is 5.00. The molecule has 0 aliphatic carbocycles. The number of rotatable bonds is 3. The fourth-order valence-electron chi connectivity index (χ4n) is 2.22. The Hall–Kier alpha value is -1.37. The number of halogens is 2. The highest BCUT2D eigenvalue weighted by Crippen LogP contribution is 2.26. The van der Waals surface area contributed by atoms with Gasteiger partial charge in [-0.15, -0.1) is 12.4 Å². The minimum absolute atomic E-state index is 0. The van der Waals surface area contributed by atoms with Gasteiger partial charge in [0.05, 0.1) is 4.92 Å². The van der Waals surface area contributed by atoms with Crippen LogP contribution >= 0.6 is 24.0 Å². The van der Waals surface area contributed by atoms with Crippen molar-refractivity contribution >= 4 is 35.6 Å². The molecule has 1 aromatic rings. The highest BCUT2D eigenvalue weighted by atomic mass is 35.5. The molecule has 1 unspecified atom stereocenters. The molecule has 0 bridgehead atoms. The first kappa shape index (κ1) is 16.7. The van der Waals surface area contributed by atoms with Crippen molar-refractivity contribution in [1.82, 2.24) is 4.90 Å². The van der Waals surface area contributed by atoms with Gasteiger partial charge in [-0.3, -0.25) is 14.9 Å². The second-order valence-electron chi connectivity index (χ2n) is 4.56. The van der Waals surface area contributed by atoms with Crippen molar-refractivity contribution in [2.45, 2.75) is 6.42 Å². The Morgan fingerprint density at radius 1 is 1.55 bits per heavy atom. The third-order valence-corrected chi connectivity index (χ3v) is 3.53. The van der Waals surface area contributed by atoms with Crippen LogP contribution in [0, 0.1) is 16.0 Å². The zero-order valence-electron chi connectivity index (χ0n) is 10.6. The van der Waals surface area contributed by atoms with E-state index < -0.39 is 4.92 Å². The van der Waals surface area contributed by atoms with Gasteiger partial charge >= 0.3 is 0 Å². The van der Waals surface area contributed by atoms with E-state index in [1.54, 1.807) is 4.90 Å². The van der Waals surface area contributed by atoms with Crippen molar-refractivity contribution in [2.24, 2.45) is 11.7 Å². The van der Waals surface area contributed by atoms with Crippen LogP contribution in [0.3, 0.4) is 0 Å². The van der Waals surface area contributed by atoms with Crippen LogP contribution in [-0.4, -0.2) is 35.4 Å². The van der Waals surface area contributed by atoms with E-state index in [1.165, 1.54) is 18.2 Å².